The van der Waals surface area contributed by atoms with Gasteiger partial charge < -0.3 is 0 Å². The minimum atomic E-state index is -3.15. The highest BCUT2D eigenvalue weighted by molar-refractivity contribution is 7.89. The number of likely N-dealkylation sites (tertiary alicyclic amines) is 1. The maximum absolute atomic E-state index is 11.8. The molecule has 1 aliphatic heterocycles. The highest BCUT2D eigenvalue weighted by atomic mass is 32.2. The van der Waals surface area contributed by atoms with Gasteiger partial charge in [-0.15, -0.1) is 0 Å². The van der Waals surface area contributed by atoms with E-state index in [1.807, 2.05) is 25.1 Å². The molecule has 0 amide bonds. The fourth-order valence-corrected chi connectivity index (χ4v) is 4.14. The Bertz CT molecular complexity index is 572. The highest BCUT2D eigenvalue weighted by Crippen LogP contribution is 2.19. The van der Waals surface area contributed by atoms with E-state index in [0.29, 0.717) is 13.0 Å². The monoisotopic (exact) mass is 324 g/mol. The SMILES string of the molecule is CCCS(=O)(=O)NCc1ccccc1CN1CCC[C@H](C)C1. The lowest BCUT2D eigenvalue weighted by atomic mass is 9.99. The lowest BCUT2D eigenvalue weighted by Gasteiger charge is -2.31. The van der Waals surface area contributed by atoms with Crippen LogP contribution in [-0.4, -0.2) is 32.2 Å². The normalized spacial score (nSPS) is 20.2. The Morgan fingerprint density at radius 3 is 2.68 bits per heavy atom. The minimum absolute atomic E-state index is 0.193. The van der Waals surface area contributed by atoms with Crippen molar-refractivity contribution < 1.29 is 8.42 Å². The van der Waals surface area contributed by atoms with Crippen LogP contribution in [0, 0.1) is 5.92 Å². The minimum Gasteiger partial charge on any atom is -0.299 e. The van der Waals surface area contributed by atoms with Crippen molar-refractivity contribution in [3.8, 4) is 0 Å². The summed E-state index contributed by atoms with van der Waals surface area (Å²) in [6.45, 7) is 7.76. The van der Waals surface area contributed by atoms with E-state index < -0.39 is 10.0 Å². The molecule has 2 rings (SSSR count). The summed E-state index contributed by atoms with van der Waals surface area (Å²) in [6, 6.07) is 8.15. The number of nitrogens with zero attached hydrogens (tertiary/aromatic N) is 1. The molecule has 0 spiro atoms. The number of benzene rings is 1. The molecule has 124 valence electrons. The lowest BCUT2D eigenvalue weighted by molar-refractivity contribution is 0.176. The van der Waals surface area contributed by atoms with Crippen LogP contribution in [0.2, 0.25) is 0 Å². The molecule has 0 radical (unpaired) electrons. The molecule has 1 aromatic carbocycles. The molecule has 1 fully saturated rings. The second-order valence-electron chi connectivity index (χ2n) is 6.39. The molecule has 0 bridgehead atoms. The van der Waals surface area contributed by atoms with E-state index in [1.165, 1.54) is 18.4 Å². The zero-order chi connectivity index (χ0) is 16.0. The van der Waals surface area contributed by atoms with Crippen LogP contribution in [0.25, 0.3) is 0 Å². The molecule has 4 nitrogen and oxygen atoms in total. The Morgan fingerprint density at radius 1 is 1.27 bits per heavy atom. The Kier molecular flexibility index (Phi) is 6.41. The first-order valence-corrected chi connectivity index (χ1v) is 9.92. The van der Waals surface area contributed by atoms with Crippen molar-refractivity contribution in [2.45, 2.75) is 46.2 Å². The molecule has 1 heterocycles. The van der Waals surface area contributed by atoms with Crippen molar-refractivity contribution in [2.24, 2.45) is 5.92 Å². The third-order valence-electron chi connectivity index (χ3n) is 4.21. The molecule has 0 aromatic heterocycles. The van der Waals surface area contributed by atoms with Crippen molar-refractivity contribution in [3.63, 3.8) is 0 Å². The second-order valence-corrected chi connectivity index (χ2v) is 8.32. The van der Waals surface area contributed by atoms with Crippen molar-refractivity contribution in [1.29, 1.82) is 0 Å². The van der Waals surface area contributed by atoms with Gasteiger partial charge in [-0.3, -0.25) is 4.90 Å². The van der Waals surface area contributed by atoms with Crippen LogP contribution >= 0.6 is 0 Å². The first kappa shape index (κ1) is 17.4. The smallest absolute Gasteiger partial charge is 0.211 e. The van der Waals surface area contributed by atoms with E-state index in [0.717, 1.165) is 31.1 Å². The first-order chi connectivity index (χ1) is 10.5. The van der Waals surface area contributed by atoms with Crippen LogP contribution < -0.4 is 4.72 Å². The zero-order valence-corrected chi connectivity index (χ0v) is 14.5. The summed E-state index contributed by atoms with van der Waals surface area (Å²) in [4.78, 5) is 2.48. The molecule has 5 heteroatoms. The van der Waals surface area contributed by atoms with Crippen molar-refractivity contribution in [1.82, 2.24) is 9.62 Å². The average Bonchev–Trinajstić information content (AvgIpc) is 2.46. The molecular formula is C17H28N2O2S. The van der Waals surface area contributed by atoms with E-state index in [1.54, 1.807) is 0 Å². The number of sulfonamides is 1. The van der Waals surface area contributed by atoms with Gasteiger partial charge in [-0.1, -0.05) is 38.1 Å². The number of rotatable bonds is 7. The van der Waals surface area contributed by atoms with Crippen LogP contribution in [0.3, 0.4) is 0 Å². The number of hydrogen-bond donors (Lipinski definition) is 1. The first-order valence-electron chi connectivity index (χ1n) is 8.26. The summed E-state index contributed by atoms with van der Waals surface area (Å²) in [5, 5.41) is 0. The van der Waals surface area contributed by atoms with Crippen LogP contribution in [0.5, 0.6) is 0 Å². The Hall–Kier alpha value is -0.910. The van der Waals surface area contributed by atoms with Crippen LogP contribution in [-0.2, 0) is 23.1 Å². The summed E-state index contributed by atoms with van der Waals surface area (Å²) in [5.41, 5.74) is 2.32. The fourth-order valence-electron chi connectivity index (χ4n) is 3.08. The molecule has 22 heavy (non-hydrogen) atoms. The van der Waals surface area contributed by atoms with Gasteiger partial charge in [0.15, 0.2) is 0 Å². The molecule has 1 atom stereocenters. The number of piperidine rings is 1. The van der Waals surface area contributed by atoms with E-state index in [-0.39, 0.29) is 5.75 Å². The van der Waals surface area contributed by atoms with Gasteiger partial charge in [-0.05, 0) is 42.9 Å². The summed E-state index contributed by atoms with van der Waals surface area (Å²) in [5.74, 6) is 0.947. The zero-order valence-electron chi connectivity index (χ0n) is 13.7. The predicted molar refractivity (Wildman–Crippen MR) is 91.0 cm³/mol. The number of nitrogens with one attached hydrogen (secondary N) is 1. The summed E-state index contributed by atoms with van der Waals surface area (Å²) < 4.78 is 26.4. The maximum atomic E-state index is 11.8. The molecule has 0 aliphatic carbocycles. The predicted octanol–water partition coefficient (Wildman–Crippen LogP) is 2.75. The Morgan fingerprint density at radius 2 is 2.00 bits per heavy atom. The largest absolute Gasteiger partial charge is 0.299 e. The molecule has 1 N–H and O–H groups in total. The molecule has 1 aliphatic rings. The summed E-state index contributed by atoms with van der Waals surface area (Å²) >= 11 is 0. The molecular weight excluding hydrogens is 296 g/mol. The van der Waals surface area contributed by atoms with Crippen molar-refractivity contribution >= 4 is 10.0 Å². The van der Waals surface area contributed by atoms with Gasteiger partial charge in [-0.2, -0.15) is 0 Å². The van der Waals surface area contributed by atoms with Gasteiger partial charge in [0.05, 0.1) is 5.75 Å². The fraction of sp³-hybridized carbons (Fsp3) is 0.647. The third-order valence-corrected chi connectivity index (χ3v) is 5.74. The van der Waals surface area contributed by atoms with Gasteiger partial charge in [0.2, 0.25) is 10.0 Å². The Balaban J connectivity index is 2.00. The Labute approximate surface area is 135 Å². The van der Waals surface area contributed by atoms with Gasteiger partial charge in [0, 0.05) is 19.6 Å². The van der Waals surface area contributed by atoms with Crippen LogP contribution in [0.15, 0.2) is 24.3 Å². The van der Waals surface area contributed by atoms with Gasteiger partial charge >= 0.3 is 0 Å². The van der Waals surface area contributed by atoms with Crippen LogP contribution in [0.4, 0.5) is 0 Å². The molecule has 0 saturated carbocycles. The van der Waals surface area contributed by atoms with E-state index in [2.05, 4.69) is 22.6 Å². The van der Waals surface area contributed by atoms with Crippen LogP contribution in [0.1, 0.15) is 44.2 Å². The van der Waals surface area contributed by atoms with Gasteiger partial charge in [0.25, 0.3) is 0 Å². The average molecular weight is 324 g/mol. The van der Waals surface area contributed by atoms with Crippen molar-refractivity contribution in [2.75, 3.05) is 18.8 Å². The third kappa shape index (κ3) is 5.38. The molecule has 0 unspecified atom stereocenters. The quantitative estimate of drug-likeness (QED) is 0.839. The van der Waals surface area contributed by atoms with Gasteiger partial charge in [-0.25, -0.2) is 13.1 Å². The summed E-state index contributed by atoms with van der Waals surface area (Å²) in [7, 11) is -3.15. The summed E-state index contributed by atoms with van der Waals surface area (Å²) in [6.07, 6.45) is 3.21. The van der Waals surface area contributed by atoms with Crippen molar-refractivity contribution in [3.05, 3.63) is 35.4 Å². The van der Waals surface area contributed by atoms with Gasteiger partial charge in [0.1, 0.15) is 0 Å². The van der Waals surface area contributed by atoms with E-state index >= 15 is 0 Å². The lowest BCUT2D eigenvalue weighted by Crippen LogP contribution is -2.34. The van der Waals surface area contributed by atoms with E-state index in [4.69, 9.17) is 0 Å². The highest BCUT2D eigenvalue weighted by Gasteiger charge is 2.17. The molecule has 1 aromatic rings. The maximum Gasteiger partial charge on any atom is 0.211 e. The topological polar surface area (TPSA) is 49.4 Å². The number of hydrogen-bond acceptors (Lipinski definition) is 3. The molecule has 1 saturated heterocycles. The second kappa shape index (κ2) is 8.09. The standard InChI is InChI=1S/C17H28N2O2S/c1-3-11-22(20,21)18-12-16-8-4-5-9-17(16)14-19-10-6-7-15(2)13-19/h4-5,8-9,15,18H,3,6-7,10-14H2,1-2H3/t15-/m0/s1. The van der Waals surface area contributed by atoms with E-state index in [9.17, 15) is 8.42 Å².